The van der Waals surface area contributed by atoms with Gasteiger partial charge in [0.2, 0.25) is 0 Å². The SMILES string of the molecule is CN(CCC(F)(F)F)C(=O)c1cccc(C(=O)O)n1. The Balaban J connectivity index is 2.77. The molecule has 1 N–H and O–H groups in total. The van der Waals surface area contributed by atoms with Gasteiger partial charge in [-0.15, -0.1) is 0 Å². The Morgan fingerprint density at radius 3 is 2.42 bits per heavy atom. The molecule has 0 aliphatic carbocycles. The summed E-state index contributed by atoms with van der Waals surface area (Å²) in [7, 11) is 1.20. The predicted octanol–water partition coefficient (Wildman–Crippen LogP) is 1.80. The second kappa shape index (κ2) is 5.68. The maximum absolute atomic E-state index is 12.0. The first-order valence-corrected chi connectivity index (χ1v) is 5.23. The summed E-state index contributed by atoms with van der Waals surface area (Å²) in [4.78, 5) is 26.8. The first-order chi connectivity index (χ1) is 8.70. The first kappa shape index (κ1) is 14.9. The van der Waals surface area contributed by atoms with Crippen LogP contribution in [0, 0.1) is 0 Å². The van der Waals surface area contributed by atoms with Crippen molar-refractivity contribution in [2.45, 2.75) is 12.6 Å². The largest absolute Gasteiger partial charge is 0.477 e. The van der Waals surface area contributed by atoms with Crippen LogP contribution in [0.4, 0.5) is 13.2 Å². The van der Waals surface area contributed by atoms with Crippen molar-refractivity contribution in [3.63, 3.8) is 0 Å². The summed E-state index contributed by atoms with van der Waals surface area (Å²) in [6.45, 7) is -0.513. The van der Waals surface area contributed by atoms with E-state index in [0.717, 1.165) is 4.90 Å². The number of hydrogen-bond acceptors (Lipinski definition) is 3. The van der Waals surface area contributed by atoms with Crippen LogP contribution in [0.15, 0.2) is 18.2 Å². The molecule has 1 heterocycles. The third kappa shape index (κ3) is 4.57. The maximum Gasteiger partial charge on any atom is 0.390 e. The quantitative estimate of drug-likeness (QED) is 0.910. The van der Waals surface area contributed by atoms with Crippen LogP contribution in [-0.2, 0) is 0 Å². The molecule has 0 fully saturated rings. The van der Waals surface area contributed by atoms with Crippen LogP contribution in [0.2, 0.25) is 0 Å². The van der Waals surface area contributed by atoms with Gasteiger partial charge in [-0.25, -0.2) is 9.78 Å². The van der Waals surface area contributed by atoms with E-state index in [-0.39, 0.29) is 11.4 Å². The van der Waals surface area contributed by atoms with Crippen molar-refractivity contribution in [1.82, 2.24) is 9.88 Å². The molecule has 0 saturated heterocycles. The number of rotatable bonds is 4. The fourth-order valence-corrected chi connectivity index (χ4v) is 1.26. The van der Waals surface area contributed by atoms with Crippen molar-refractivity contribution in [3.8, 4) is 0 Å². The van der Waals surface area contributed by atoms with E-state index in [9.17, 15) is 22.8 Å². The van der Waals surface area contributed by atoms with Crippen molar-refractivity contribution in [2.75, 3.05) is 13.6 Å². The highest BCUT2D eigenvalue weighted by Crippen LogP contribution is 2.19. The minimum absolute atomic E-state index is 0.204. The lowest BCUT2D eigenvalue weighted by Crippen LogP contribution is -2.31. The van der Waals surface area contributed by atoms with Crippen LogP contribution in [0.3, 0.4) is 0 Å². The normalized spacial score (nSPS) is 11.2. The number of carbonyl (C=O) groups excluding carboxylic acids is 1. The first-order valence-electron chi connectivity index (χ1n) is 5.23. The van der Waals surface area contributed by atoms with Gasteiger partial charge in [-0.1, -0.05) is 6.07 Å². The average Bonchev–Trinajstić information content (AvgIpc) is 2.34. The van der Waals surface area contributed by atoms with Crippen molar-refractivity contribution in [1.29, 1.82) is 0 Å². The molecule has 5 nitrogen and oxygen atoms in total. The molecule has 104 valence electrons. The molecule has 0 saturated carbocycles. The molecular weight excluding hydrogens is 265 g/mol. The summed E-state index contributed by atoms with van der Waals surface area (Å²) in [5.41, 5.74) is -0.542. The predicted molar refractivity (Wildman–Crippen MR) is 58.8 cm³/mol. The van der Waals surface area contributed by atoms with E-state index in [2.05, 4.69) is 4.98 Å². The van der Waals surface area contributed by atoms with Gasteiger partial charge in [-0.05, 0) is 12.1 Å². The Bertz CT molecular complexity index is 488. The second-order valence-electron chi connectivity index (χ2n) is 3.81. The number of nitrogens with zero attached hydrogens (tertiary/aromatic N) is 2. The van der Waals surface area contributed by atoms with Crippen molar-refractivity contribution in [2.24, 2.45) is 0 Å². The number of aromatic carboxylic acids is 1. The van der Waals surface area contributed by atoms with E-state index in [1.54, 1.807) is 0 Å². The fourth-order valence-electron chi connectivity index (χ4n) is 1.26. The molecular formula is C11H11F3N2O3. The monoisotopic (exact) mass is 276 g/mol. The average molecular weight is 276 g/mol. The van der Waals surface area contributed by atoms with Gasteiger partial charge < -0.3 is 10.0 Å². The summed E-state index contributed by atoms with van der Waals surface area (Å²) in [5, 5.41) is 8.70. The molecule has 0 unspecified atom stereocenters. The lowest BCUT2D eigenvalue weighted by molar-refractivity contribution is -0.136. The van der Waals surface area contributed by atoms with Gasteiger partial charge in [-0.2, -0.15) is 13.2 Å². The number of carboxylic acids is 1. The number of hydrogen-bond donors (Lipinski definition) is 1. The van der Waals surface area contributed by atoms with Crippen molar-refractivity contribution >= 4 is 11.9 Å². The molecule has 0 bridgehead atoms. The molecule has 0 aromatic carbocycles. The summed E-state index contributed by atoms with van der Waals surface area (Å²) in [5.74, 6) is -2.07. The minimum atomic E-state index is -4.36. The molecule has 19 heavy (non-hydrogen) atoms. The Morgan fingerprint density at radius 1 is 1.32 bits per heavy atom. The molecule has 1 aromatic rings. The number of aromatic nitrogens is 1. The van der Waals surface area contributed by atoms with Gasteiger partial charge in [-0.3, -0.25) is 4.79 Å². The molecule has 8 heteroatoms. The van der Waals surface area contributed by atoms with Gasteiger partial charge in [0.25, 0.3) is 5.91 Å². The van der Waals surface area contributed by atoms with Crippen LogP contribution < -0.4 is 0 Å². The zero-order valence-electron chi connectivity index (χ0n) is 9.94. The van der Waals surface area contributed by atoms with Crippen LogP contribution in [0.25, 0.3) is 0 Å². The summed E-state index contributed by atoms with van der Waals surface area (Å²) < 4.78 is 36.1. The minimum Gasteiger partial charge on any atom is -0.477 e. The Labute approximate surface area is 106 Å². The van der Waals surface area contributed by atoms with E-state index in [1.807, 2.05) is 0 Å². The highest BCUT2D eigenvalue weighted by atomic mass is 19.4. The van der Waals surface area contributed by atoms with Gasteiger partial charge in [0, 0.05) is 13.6 Å². The Kier molecular flexibility index (Phi) is 4.47. The van der Waals surface area contributed by atoms with E-state index in [4.69, 9.17) is 5.11 Å². The van der Waals surface area contributed by atoms with Crippen molar-refractivity contribution in [3.05, 3.63) is 29.6 Å². The van der Waals surface area contributed by atoms with Gasteiger partial charge in [0.15, 0.2) is 0 Å². The smallest absolute Gasteiger partial charge is 0.390 e. The Hall–Kier alpha value is -2.12. The highest BCUT2D eigenvalue weighted by molar-refractivity contribution is 5.94. The molecule has 0 spiro atoms. The summed E-state index contributed by atoms with van der Waals surface area (Å²) in [6.07, 6.45) is -5.49. The topological polar surface area (TPSA) is 70.5 Å². The number of alkyl halides is 3. The third-order valence-electron chi connectivity index (χ3n) is 2.26. The zero-order chi connectivity index (χ0) is 14.6. The fraction of sp³-hybridized carbons (Fsp3) is 0.364. The highest BCUT2D eigenvalue weighted by Gasteiger charge is 2.28. The van der Waals surface area contributed by atoms with Crippen LogP contribution in [-0.4, -0.2) is 46.6 Å². The van der Waals surface area contributed by atoms with E-state index in [0.29, 0.717) is 0 Å². The standard InChI is InChI=1S/C11H11F3N2O3/c1-16(6-5-11(12,13)14)9(17)7-3-2-4-8(15-7)10(18)19/h2-4H,5-6H2,1H3,(H,18,19). The Morgan fingerprint density at radius 2 is 1.89 bits per heavy atom. The number of carboxylic acid groups (broad SMARTS) is 1. The maximum atomic E-state index is 12.0. The summed E-state index contributed by atoms with van der Waals surface area (Å²) in [6, 6.07) is 3.75. The molecule has 0 aliphatic heterocycles. The molecule has 0 atom stereocenters. The number of amides is 1. The number of halogens is 3. The summed E-state index contributed by atoms with van der Waals surface area (Å²) >= 11 is 0. The van der Waals surface area contributed by atoms with E-state index < -0.39 is 31.0 Å². The molecule has 1 amide bonds. The molecule has 0 radical (unpaired) electrons. The van der Waals surface area contributed by atoms with E-state index in [1.165, 1.54) is 25.2 Å². The molecule has 1 rings (SSSR count). The lowest BCUT2D eigenvalue weighted by Gasteiger charge is -2.17. The van der Waals surface area contributed by atoms with Gasteiger partial charge in [0.1, 0.15) is 11.4 Å². The van der Waals surface area contributed by atoms with Gasteiger partial charge in [0.05, 0.1) is 6.42 Å². The zero-order valence-corrected chi connectivity index (χ0v) is 9.94. The molecule has 0 aliphatic rings. The lowest BCUT2D eigenvalue weighted by atomic mass is 10.2. The van der Waals surface area contributed by atoms with Crippen LogP contribution >= 0.6 is 0 Å². The van der Waals surface area contributed by atoms with Crippen LogP contribution in [0.5, 0.6) is 0 Å². The third-order valence-corrected chi connectivity index (χ3v) is 2.26. The second-order valence-corrected chi connectivity index (χ2v) is 3.81. The van der Waals surface area contributed by atoms with Gasteiger partial charge >= 0.3 is 12.1 Å². The van der Waals surface area contributed by atoms with Crippen molar-refractivity contribution < 1.29 is 27.9 Å². The number of carbonyl (C=O) groups is 2. The van der Waals surface area contributed by atoms with E-state index >= 15 is 0 Å². The number of pyridine rings is 1. The van der Waals surface area contributed by atoms with Crippen LogP contribution in [0.1, 0.15) is 27.4 Å². The molecule has 1 aromatic heterocycles.